The van der Waals surface area contributed by atoms with E-state index < -0.39 is 41.2 Å². The molecule has 2 aliphatic rings. The van der Waals surface area contributed by atoms with Crippen LogP contribution in [0.4, 0.5) is 4.79 Å². The van der Waals surface area contributed by atoms with Gasteiger partial charge in [0.1, 0.15) is 5.41 Å². The van der Waals surface area contributed by atoms with E-state index in [0.29, 0.717) is 0 Å². The first-order valence-electron chi connectivity index (χ1n) is 9.18. The summed E-state index contributed by atoms with van der Waals surface area (Å²) in [5.74, 6) is -2.48. The number of imide groups is 2. The average molecular weight is 522 g/mol. The SMILES string of the molecule is O=C1NC(=O)C2(C(=O)N1)C(c1cccc(Br)c1)CC(O)CC2c1cccc(Br)c1. The van der Waals surface area contributed by atoms with Crippen molar-refractivity contribution in [1.29, 1.82) is 0 Å². The summed E-state index contributed by atoms with van der Waals surface area (Å²) in [6, 6.07) is 13.9. The van der Waals surface area contributed by atoms with Gasteiger partial charge in [0, 0.05) is 20.8 Å². The number of nitrogens with one attached hydrogen (secondary N) is 2. The molecule has 4 rings (SSSR count). The van der Waals surface area contributed by atoms with Gasteiger partial charge in [-0.05, 0) is 48.2 Å². The summed E-state index contributed by atoms with van der Waals surface area (Å²) in [6.45, 7) is 0. The maximum atomic E-state index is 13.3. The number of aliphatic hydroxyl groups is 1. The molecule has 0 aromatic heterocycles. The second kappa shape index (κ2) is 7.66. The molecule has 2 unspecified atom stereocenters. The Morgan fingerprint density at radius 1 is 0.828 bits per heavy atom. The summed E-state index contributed by atoms with van der Waals surface area (Å²) < 4.78 is 1.61. The molecule has 4 amide bonds. The van der Waals surface area contributed by atoms with E-state index in [1.165, 1.54) is 0 Å². The lowest BCUT2D eigenvalue weighted by molar-refractivity contribution is -0.152. The van der Waals surface area contributed by atoms with Gasteiger partial charge in [-0.15, -0.1) is 0 Å². The molecule has 1 saturated heterocycles. The maximum absolute atomic E-state index is 13.3. The van der Waals surface area contributed by atoms with Gasteiger partial charge in [-0.25, -0.2) is 4.79 Å². The van der Waals surface area contributed by atoms with E-state index in [0.717, 1.165) is 20.1 Å². The highest BCUT2D eigenvalue weighted by atomic mass is 79.9. The van der Waals surface area contributed by atoms with Gasteiger partial charge < -0.3 is 5.11 Å². The van der Waals surface area contributed by atoms with Crippen molar-refractivity contribution in [1.82, 2.24) is 10.6 Å². The highest BCUT2D eigenvalue weighted by Crippen LogP contribution is 2.56. The van der Waals surface area contributed by atoms with Crippen molar-refractivity contribution < 1.29 is 19.5 Å². The van der Waals surface area contributed by atoms with Crippen LogP contribution in [-0.4, -0.2) is 29.1 Å². The van der Waals surface area contributed by atoms with Crippen molar-refractivity contribution in [3.05, 3.63) is 68.6 Å². The molecule has 1 saturated carbocycles. The van der Waals surface area contributed by atoms with Crippen LogP contribution in [0.2, 0.25) is 0 Å². The van der Waals surface area contributed by atoms with Crippen molar-refractivity contribution in [2.24, 2.45) is 5.41 Å². The van der Waals surface area contributed by atoms with Gasteiger partial charge in [-0.2, -0.15) is 0 Å². The number of hydrogen-bond donors (Lipinski definition) is 3. The van der Waals surface area contributed by atoms with E-state index >= 15 is 0 Å². The van der Waals surface area contributed by atoms with Crippen molar-refractivity contribution in [2.45, 2.75) is 30.8 Å². The van der Waals surface area contributed by atoms with Gasteiger partial charge in [0.25, 0.3) is 0 Å². The van der Waals surface area contributed by atoms with Crippen LogP contribution in [0.3, 0.4) is 0 Å². The van der Waals surface area contributed by atoms with Crippen molar-refractivity contribution in [3.8, 4) is 0 Å². The predicted molar refractivity (Wildman–Crippen MR) is 113 cm³/mol. The normalized spacial score (nSPS) is 26.2. The fraction of sp³-hybridized carbons (Fsp3) is 0.286. The van der Waals surface area contributed by atoms with Crippen LogP contribution in [0.1, 0.15) is 35.8 Å². The quantitative estimate of drug-likeness (QED) is 0.526. The molecule has 6 nitrogen and oxygen atoms in total. The molecule has 0 bridgehead atoms. The summed E-state index contributed by atoms with van der Waals surface area (Å²) in [5, 5.41) is 15.3. The maximum Gasteiger partial charge on any atom is 0.328 e. The monoisotopic (exact) mass is 520 g/mol. The third-order valence-electron chi connectivity index (χ3n) is 5.82. The van der Waals surface area contributed by atoms with E-state index in [2.05, 4.69) is 42.5 Å². The lowest BCUT2D eigenvalue weighted by atomic mass is 9.54. The first kappa shape index (κ1) is 20.3. The summed E-state index contributed by atoms with van der Waals surface area (Å²) in [6.07, 6.45) is -0.238. The third kappa shape index (κ3) is 3.43. The van der Waals surface area contributed by atoms with E-state index in [4.69, 9.17) is 0 Å². The number of carbonyl (C=O) groups excluding carboxylic acids is 3. The molecular formula is C21H18Br2N2O4. The first-order chi connectivity index (χ1) is 13.8. The van der Waals surface area contributed by atoms with Crippen LogP contribution in [-0.2, 0) is 9.59 Å². The Bertz CT molecular complexity index is 932. The highest BCUT2D eigenvalue weighted by molar-refractivity contribution is 9.10. The molecule has 8 heteroatoms. The number of hydrogen-bond acceptors (Lipinski definition) is 4. The summed E-state index contributed by atoms with van der Waals surface area (Å²) in [4.78, 5) is 38.5. The molecule has 1 heterocycles. The third-order valence-corrected chi connectivity index (χ3v) is 6.81. The number of urea groups is 1. The molecule has 2 aromatic carbocycles. The van der Waals surface area contributed by atoms with Crippen LogP contribution in [0, 0.1) is 5.41 Å². The van der Waals surface area contributed by atoms with Gasteiger partial charge in [0.2, 0.25) is 11.8 Å². The fourth-order valence-corrected chi connectivity index (χ4v) is 5.51. The van der Waals surface area contributed by atoms with Gasteiger partial charge in [-0.1, -0.05) is 56.1 Å². The standard InChI is InChI=1S/C21H18Br2N2O4/c22-13-5-1-3-11(7-13)16-9-15(26)10-17(12-4-2-6-14(23)8-12)21(16)18(27)24-20(29)25-19(21)28/h1-8,15-17,26H,9-10H2,(H2,24,25,27,28,29). The smallest absolute Gasteiger partial charge is 0.328 e. The van der Waals surface area contributed by atoms with Gasteiger partial charge in [0.15, 0.2) is 0 Å². The molecule has 1 aliphatic carbocycles. The Morgan fingerprint density at radius 2 is 1.28 bits per heavy atom. The Labute approximate surface area is 184 Å². The molecule has 3 N–H and O–H groups in total. The minimum atomic E-state index is -1.56. The lowest BCUT2D eigenvalue weighted by Gasteiger charge is -2.50. The second-order valence-corrected chi connectivity index (χ2v) is 9.28. The van der Waals surface area contributed by atoms with Gasteiger partial charge in [0.05, 0.1) is 6.10 Å². The Morgan fingerprint density at radius 3 is 1.69 bits per heavy atom. The molecule has 0 radical (unpaired) electrons. The molecule has 1 spiro atoms. The fourth-order valence-electron chi connectivity index (χ4n) is 4.68. The minimum absolute atomic E-state index is 0.232. The van der Waals surface area contributed by atoms with Crippen LogP contribution in [0.25, 0.3) is 0 Å². The highest BCUT2D eigenvalue weighted by Gasteiger charge is 2.63. The van der Waals surface area contributed by atoms with E-state index in [1.807, 2.05) is 48.5 Å². The average Bonchev–Trinajstić information content (AvgIpc) is 2.66. The number of barbiturate groups is 1. The molecular weight excluding hydrogens is 504 g/mol. The molecule has 1 aliphatic heterocycles. The van der Waals surface area contributed by atoms with Crippen molar-refractivity contribution in [3.63, 3.8) is 0 Å². The number of amides is 4. The molecule has 2 atom stereocenters. The number of rotatable bonds is 2. The zero-order chi connectivity index (χ0) is 20.8. The topological polar surface area (TPSA) is 95.5 Å². The molecule has 2 aromatic rings. The summed E-state index contributed by atoms with van der Waals surface area (Å²) in [5.41, 5.74) is -0.0649. The molecule has 2 fully saturated rings. The van der Waals surface area contributed by atoms with Gasteiger partial charge in [-0.3, -0.25) is 20.2 Å². The number of aliphatic hydroxyl groups excluding tert-OH is 1. The Hall–Kier alpha value is -2.03. The minimum Gasteiger partial charge on any atom is -0.393 e. The van der Waals surface area contributed by atoms with Crippen LogP contribution in [0.5, 0.6) is 0 Å². The largest absolute Gasteiger partial charge is 0.393 e. The van der Waals surface area contributed by atoms with Crippen molar-refractivity contribution in [2.75, 3.05) is 0 Å². The number of benzene rings is 2. The second-order valence-electron chi connectivity index (χ2n) is 7.45. The molecule has 150 valence electrons. The number of carbonyl (C=O) groups is 3. The Balaban J connectivity index is 1.95. The first-order valence-corrected chi connectivity index (χ1v) is 10.8. The summed E-state index contributed by atoms with van der Waals surface area (Å²) in [7, 11) is 0. The number of halogens is 2. The zero-order valence-corrected chi connectivity index (χ0v) is 18.4. The Kier molecular flexibility index (Phi) is 5.35. The molecule has 29 heavy (non-hydrogen) atoms. The summed E-state index contributed by atoms with van der Waals surface area (Å²) >= 11 is 6.88. The van der Waals surface area contributed by atoms with Crippen LogP contribution < -0.4 is 10.6 Å². The van der Waals surface area contributed by atoms with E-state index in [-0.39, 0.29) is 12.8 Å². The van der Waals surface area contributed by atoms with Crippen molar-refractivity contribution >= 4 is 49.7 Å². The zero-order valence-electron chi connectivity index (χ0n) is 15.2. The van der Waals surface area contributed by atoms with Crippen LogP contribution in [0.15, 0.2) is 57.5 Å². The predicted octanol–water partition coefficient (Wildman–Crippen LogP) is 3.59. The van der Waals surface area contributed by atoms with E-state index in [9.17, 15) is 19.5 Å². The lowest BCUT2D eigenvalue weighted by Crippen LogP contribution is -2.68. The van der Waals surface area contributed by atoms with Crippen LogP contribution >= 0.6 is 31.9 Å². The van der Waals surface area contributed by atoms with Gasteiger partial charge >= 0.3 is 6.03 Å². The van der Waals surface area contributed by atoms with E-state index in [1.54, 1.807) is 0 Å².